The third-order valence-corrected chi connectivity index (χ3v) is 2.39. The van der Waals surface area contributed by atoms with Gasteiger partial charge in [0, 0.05) is 6.54 Å². The van der Waals surface area contributed by atoms with Gasteiger partial charge in [-0.25, -0.2) is 0 Å². The molecule has 0 spiro atoms. The topological polar surface area (TPSA) is 12.0 Å². The van der Waals surface area contributed by atoms with Gasteiger partial charge in [0.2, 0.25) is 0 Å². The summed E-state index contributed by atoms with van der Waals surface area (Å²) in [6.45, 7) is 10.7. The van der Waals surface area contributed by atoms with Gasteiger partial charge in [0.15, 0.2) is 0 Å². The van der Waals surface area contributed by atoms with Crippen LogP contribution < -0.4 is 5.32 Å². The highest BCUT2D eigenvalue weighted by molar-refractivity contribution is 5.37. The number of nitrogens with one attached hydrogen (secondary N) is 1. The number of benzene rings is 1. The lowest BCUT2D eigenvalue weighted by Crippen LogP contribution is -2.13. The molecule has 1 rings (SSSR count). The number of hydrogen-bond donors (Lipinski definition) is 1. The first-order chi connectivity index (χ1) is 6.15. The summed E-state index contributed by atoms with van der Waals surface area (Å²) in [5.41, 5.74) is 5.61. The van der Waals surface area contributed by atoms with Crippen molar-refractivity contribution in [1.82, 2.24) is 5.32 Å². The zero-order chi connectivity index (χ0) is 9.84. The van der Waals surface area contributed by atoms with Crippen LogP contribution in [0.4, 0.5) is 0 Å². The summed E-state index contributed by atoms with van der Waals surface area (Å²) in [6.07, 6.45) is 0. The molecule has 1 heteroatoms. The SMILES string of the molecule is CCNCc1c(C)cc(C)cc1C. The van der Waals surface area contributed by atoms with Crippen molar-refractivity contribution in [3.05, 3.63) is 34.4 Å². The Balaban J connectivity index is 2.92. The number of aryl methyl sites for hydroxylation is 3. The standard InChI is InChI=1S/C12H19N/c1-5-13-8-12-10(3)6-9(2)7-11(12)4/h6-7,13H,5,8H2,1-4H3. The molecule has 0 saturated heterocycles. The summed E-state index contributed by atoms with van der Waals surface area (Å²) in [7, 11) is 0. The van der Waals surface area contributed by atoms with Crippen LogP contribution in [-0.2, 0) is 6.54 Å². The van der Waals surface area contributed by atoms with Crippen LogP contribution in [0.2, 0.25) is 0 Å². The minimum atomic E-state index is 0.994. The summed E-state index contributed by atoms with van der Waals surface area (Å²) < 4.78 is 0. The van der Waals surface area contributed by atoms with Gasteiger partial charge in [-0.15, -0.1) is 0 Å². The van der Waals surface area contributed by atoms with Gasteiger partial charge in [-0.1, -0.05) is 24.6 Å². The second kappa shape index (κ2) is 4.43. The van der Waals surface area contributed by atoms with Crippen molar-refractivity contribution in [1.29, 1.82) is 0 Å². The molecule has 1 nitrogen and oxygen atoms in total. The summed E-state index contributed by atoms with van der Waals surface area (Å²) in [5, 5.41) is 3.37. The van der Waals surface area contributed by atoms with E-state index in [0.29, 0.717) is 0 Å². The van der Waals surface area contributed by atoms with E-state index in [1.165, 1.54) is 22.3 Å². The van der Waals surface area contributed by atoms with Crippen LogP contribution in [0.5, 0.6) is 0 Å². The van der Waals surface area contributed by atoms with Crippen LogP contribution in [0.1, 0.15) is 29.2 Å². The van der Waals surface area contributed by atoms with Crippen LogP contribution in [0.3, 0.4) is 0 Å². The molecule has 1 aromatic rings. The predicted octanol–water partition coefficient (Wildman–Crippen LogP) is 2.72. The number of rotatable bonds is 3. The van der Waals surface area contributed by atoms with E-state index in [1.54, 1.807) is 0 Å². The Bertz CT molecular complexity index is 266. The predicted molar refractivity (Wildman–Crippen MR) is 58.0 cm³/mol. The monoisotopic (exact) mass is 177 g/mol. The minimum Gasteiger partial charge on any atom is -0.313 e. The van der Waals surface area contributed by atoms with E-state index >= 15 is 0 Å². The van der Waals surface area contributed by atoms with E-state index in [2.05, 4.69) is 45.1 Å². The molecule has 0 aliphatic carbocycles. The maximum Gasteiger partial charge on any atom is 0.0210 e. The molecule has 13 heavy (non-hydrogen) atoms. The van der Waals surface area contributed by atoms with E-state index in [0.717, 1.165) is 13.1 Å². The third kappa shape index (κ3) is 2.56. The van der Waals surface area contributed by atoms with Crippen LogP contribution in [0.15, 0.2) is 12.1 Å². The average Bonchev–Trinajstić information content (AvgIpc) is 2.02. The quantitative estimate of drug-likeness (QED) is 0.748. The molecule has 1 N–H and O–H groups in total. The van der Waals surface area contributed by atoms with Gasteiger partial charge in [0.25, 0.3) is 0 Å². The van der Waals surface area contributed by atoms with Crippen molar-refractivity contribution in [3.8, 4) is 0 Å². The molecule has 0 fully saturated rings. The lowest BCUT2D eigenvalue weighted by atomic mass is 10.00. The molecule has 0 atom stereocenters. The van der Waals surface area contributed by atoms with Crippen LogP contribution in [-0.4, -0.2) is 6.54 Å². The van der Waals surface area contributed by atoms with Crippen LogP contribution in [0, 0.1) is 20.8 Å². The van der Waals surface area contributed by atoms with Gasteiger partial charge in [0.1, 0.15) is 0 Å². The first kappa shape index (κ1) is 10.3. The summed E-state index contributed by atoms with van der Waals surface area (Å²) in [6, 6.07) is 4.50. The first-order valence-corrected chi connectivity index (χ1v) is 4.92. The molecule has 0 bridgehead atoms. The van der Waals surface area contributed by atoms with Crippen molar-refractivity contribution in [2.45, 2.75) is 34.2 Å². The van der Waals surface area contributed by atoms with E-state index < -0.39 is 0 Å². The van der Waals surface area contributed by atoms with Crippen LogP contribution >= 0.6 is 0 Å². The maximum atomic E-state index is 3.37. The highest BCUT2D eigenvalue weighted by Gasteiger charge is 2.01. The Morgan fingerprint density at radius 1 is 1.08 bits per heavy atom. The minimum absolute atomic E-state index is 0.994. The summed E-state index contributed by atoms with van der Waals surface area (Å²) >= 11 is 0. The fourth-order valence-corrected chi connectivity index (χ4v) is 1.74. The smallest absolute Gasteiger partial charge is 0.0210 e. The molecule has 0 unspecified atom stereocenters. The second-order valence-electron chi connectivity index (χ2n) is 3.66. The van der Waals surface area contributed by atoms with E-state index in [-0.39, 0.29) is 0 Å². The van der Waals surface area contributed by atoms with E-state index in [4.69, 9.17) is 0 Å². The molecule has 0 radical (unpaired) electrons. The van der Waals surface area contributed by atoms with E-state index in [9.17, 15) is 0 Å². The molecule has 72 valence electrons. The molecule has 0 saturated carbocycles. The largest absolute Gasteiger partial charge is 0.313 e. The molecular weight excluding hydrogens is 158 g/mol. The lowest BCUT2D eigenvalue weighted by molar-refractivity contribution is 0.720. The maximum absolute atomic E-state index is 3.37. The van der Waals surface area contributed by atoms with Gasteiger partial charge in [-0.2, -0.15) is 0 Å². The zero-order valence-corrected chi connectivity index (χ0v) is 9.07. The fraction of sp³-hybridized carbons (Fsp3) is 0.500. The highest BCUT2D eigenvalue weighted by Crippen LogP contribution is 2.15. The van der Waals surface area contributed by atoms with Gasteiger partial charge >= 0.3 is 0 Å². The van der Waals surface area contributed by atoms with Crippen LogP contribution in [0.25, 0.3) is 0 Å². The Morgan fingerprint density at radius 2 is 1.62 bits per heavy atom. The van der Waals surface area contributed by atoms with Crippen molar-refractivity contribution >= 4 is 0 Å². The van der Waals surface area contributed by atoms with E-state index in [1.807, 2.05) is 0 Å². The molecule has 0 aliphatic heterocycles. The first-order valence-electron chi connectivity index (χ1n) is 4.92. The molecule has 0 heterocycles. The summed E-state index contributed by atoms with van der Waals surface area (Å²) in [5.74, 6) is 0. The Morgan fingerprint density at radius 3 is 2.08 bits per heavy atom. The van der Waals surface area contributed by atoms with Crippen molar-refractivity contribution < 1.29 is 0 Å². The van der Waals surface area contributed by atoms with Gasteiger partial charge in [-0.05, 0) is 44.0 Å². The molecule has 0 aromatic heterocycles. The van der Waals surface area contributed by atoms with Crippen molar-refractivity contribution in [3.63, 3.8) is 0 Å². The number of hydrogen-bond acceptors (Lipinski definition) is 1. The third-order valence-electron chi connectivity index (χ3n) is 2.39. The normalized spacial score (nSPS) is 10.5. The zero-order valence-electron chi connectivity index (χ0n) is 9.07. The van der Waals surface area contributed by atoms with Gasteiger partial charge in [0.05, 0.1) is 0 Å². The second-order valence-corrected chi connectivity index (χ2v) is 3.66. The molecule has 1 aromatic carbocycles. The highest BCUT2D eigenvalue weighted by atomic mass is 14.8. The Hall–Kier alpha value is -0.820. The molecule has 0 aliphatic rings. The van der Waals surface area contributed by atoms with Gasteiger partial charge in [-0.3, -0.25) is 0 Å². The Kier molecular flexibility index (Phi) is 3.49. The van der Waals surface area contributed by atoms with Crippen molar-refractivity contribution in [2.75, 3.05) is 6.54 Å². The Labute approximate surface area is 81.2 Å². The molecular formula is C12H19N. The lowest BCUT2D eigenvalue weighted by Gasteiger charge is -2.11. The average molecular weight is 177 g/mol. The van der Waals surface area contributed by atoms with Gasteiger partial charge < -0.3 is 5.32 Å². The summed E-state index contributed by atoms with van der Waals surface area (Å²) in [4.78, 5) is 0. The fourth-order valence-electron chi connectivity index (χ4n) is 1.74. The molecule has 0 amide bonds. The van der Waals surface area contributed by atoms with Crippen molar-refractivity contribution in [2.24, 2.45) is 0 Å².